The van der Waals surface area contributed by atoms with Gasteiger partial charge in [-0.1, -0.05) is 129 Å². The fourth-order valence-corrected chi connectivity index (χ4v) is 13.1. The summed E-state index contributed by atoms with van der Waals surface area (Å²) in [7, 11) is 10.5. The first-order chi connectivity index (χ1) is 43.2. The maximum absolute atomic E-state index is 15.4. The van der Waals surface area contributed by atoms with E-state index in [1.54, 1.807) is 34.6 Å². The van der Waals surface area contributed by atoms with Gasteiger partial charge in [-0.05, 0) is 133 Å². The summed E-state index contributed by atoms with van der Waals surface area (Å²) >= 11 is 1.24. The average Bonchev–Trinajstić information content (AvgIpc) is 0.831. The van der Waals surface area contributed by atoms with Crippen LogP contribution < -0.4 is 21.3 Å². The third kappa shape index (κ3) is 24.7. The van der Waals surface area contributed by atoms with Gasteiger partial charge in [0.25, 0.3) is 5.91 Å². The molecule has 1 saturated heterocycles. The van der Waals surface area contributed by atoms with Crippen LogP contribution in [0, 0.1) is 41.4 Å². The van der Waals surface area contributed by atoms with Gasteiger partial charge in [0, 0.05) is 49.3 Å². The molecule has 0 aromatic heterocycles. The van der Waals surface area contributed by atoms with E-state index in [1.165, 1.54) is 109 Å². The standard InChI is InChI=1S/C69H126N12O11S/c1-27-32-34-46(16)40-52-60(84)72-50(29-3)63(87)80(26)69(93-36-33-35-81(30-4)31-5)68(92)79(25)57(47(17)28-2)61(85)73-55(44(12)13)66(90)74(20)51(37-41(6)7)59(83)70-48(18)58(82)71-49(19)62(86)76(22)53(38-42(8)9)64(88)77(23)54(39-43(10)11)65(89)78(24)56(45(14)15)67(91)75(52)21/h27,32,41-57,69H,28-31,33-40H2,1-26H3,(H,70,83)(H,71,82)(H,72,84)(H,73,85)/b32-27+/t46-,47?,48-,49-,50+,51?,52-,53-,54-,55-,56-,57+,69-/m1/s1. The van der Waals surface area contributed by atoms with Crippen molar-refractivity contribution in [1.82, 2.24) is 60.5 Å². The number of nitrogens with one attached hydrogen (secondary N) is 4. The second kappa shape index (κ2) is 40.6. The number of nitrogens with zero attached hydrogens (tertiary/aromatic N) is 8. The minimum atomic E-state index is -1.22. The van der Waals surface area contributed by atoms with Gasteiger partial charge in [0.05, 0.1) is 0 Å². The van der Waals surface area contributed by atoms with Gasteiger partial charge in [0.15, 0.2) is 5.37 Å². The zero-order valence-corrected chi connectivity index (χ0v) is 62.8. The lowest BCUT2D eigenvalue weighted by molar-refractivity contribution is -0.156. The van der Waals surface area contributed by atoms with Crippen molar-refractivity contribution in [2.45, 2.75) is 249 Å². The summed E-state index contributed by atoms with van der Waals surface area (Å²) in [5, 5.41) is 10.2. The minimum Gasteiger partial charge on any atom is -0.343 e. The molecular weight excluding hydrogens is 1200 g/mol. The number of carbonyl (C=O) groups excluding carboxylic acids is 11. The molecular formula is C69H126N12O11S. The molecule has 0 aromatic carbocycles. The van der Waals surface area contributed by atoms with Crippen molar-refractivity contribution < 1.29 is 52.7 Å². The molecule has 1 rings (SSSR count). The average molecular weight is 1330 g/mol. The fourth-order valence-electron chi connectivity index (χ4n) is 12.0. The zero-order chi connectivity index (χ0) is 71.8. The molecule has 13 atom stereocenters. The maximum atomic E-state index is 15.4. The van der Waals surface area contributed by atoms with Crippen molar-refractivity contribution >= 4 is 76.7 Å². The Kier molecular flexibility index (Phi) is 37.2. The highest BCUT2D eigenvalue weighted by Gasteiger charge is 2.45. The number of likely N-dealkylation sites (N-methyl/N-ethyl adjacent to an activating group) is 7. The van der Waals surface area contributed by atoms with Crippen molar-refractivity contribution in [1.29, 1.82) is 0 Å². The van der Waals surface area contributed by atoms with Crippen LogP contribution in [-0.2, 0) is 52.7 Å². The Labute approximate surface area is 564 Å². The van der Waals surface area contributed by atoms with E-state index >= 15 is 33.6 Å². The first-order valence-corrected chi connectivity index (χ1v) is 35.3. The highest BCUT2D eigenvalue weighted by Crippen LogP contribution is 2.28. The third-order valence-electron chi connectivity index (χ3n) is 18.2. The van der Waals surface area contributed by atoms with Gasteiger partial charge in [-0.2, -0.15) is 0 Å². The van der Waals surface area contributed by atoms with E-state index in [9.17, 15) is 19.2 Å². The number of hydrogen-bond acceptors (Lipinski definition) is 13. The number of amides is 11. The van der Waals surface area contributed by atoms with Crippen molar-refractivity contribution in [3.8, 4) is 0 Å². The number of hydrogen-bond donors (Lipinski definition) is 4. The second-order valence-corrected chi connectivity index (χ2v) is 29.2. The van der Waals surface area contributed by atoms with Crippen molar-refractivity contribution in [2.75, 3.05) is 74.7 Å². The SMILES string of the molecule is C/C=C/C[C@@H](C)C[C@@H]1C(=O)N[C@@H](CC)C(=O)N(C)[C@H](SCCCN(CC)CC)C(=O)N(C)[C@@H](C(C)CC)C(=O)N[C@H](C(C)C)C(=O)N(C)C(CC(C)C)C(=O)N[C@H](C)C(=O)N[C@H](C)C(=O)N(C)[C@H](CC(C)C)C(=O)N(C)[C@H](CC(C)C)C(=O)N(C)[C@H](C(C)C)C(=O)N1C. The van der Waals surface area contributed by atoms with Crippen molar-refractivity contribution in [3.63, 3.8) is 0 Å². The second-order valence-electron chi connectivity index (χ2n) is 28.0. The molecule has 0 radical (unpaired) electrons. The Morgan fingerprint density at radius 1 is 0.462 bits per heavy atom. The number of allylic oxidation sites excluding steroid dienone is 2. The van der Waals surface area contributed by atoms with Gasteiger partial charge in [0.2, 0.25) is 59.1 Å². The molecule has 0 aromatic rings. The predicted molar refractivity (Wildman–Crippen MR) is 371 cm³/mol. The normalized spacial score (nSPS) is 26.4. The predicted octanol–water partition coefficient (Wildman–Crippen LogP) is 6.09. The Bertz CT molecular complexity index is 2490. The lowest BCUT2D eigenvalue weighted by Gasteiger charge is -2.41. The largest absolute Gasteiger partial charge is 0.343 e. The highest BCUT2D eigenvalue weighted by molar-refractivity contribution is 8.00. The van der Waals surface area contributed by atoms with Crippen molar-refractivity contribution in [2.24, 2.45) is 41.4 Å². The monoisotopic (exact) mass is 1330 g/mol. The maximum Gasteiger partial charge on any atom is 0.256 e. The van der Waals surface area contributed by atoms with E-state index in [0.717, 1.165) is 19.6 Å². The number of rotatable bonds is 22. The topological polar surface area (TPSA) is 262 Å². The van der Waals surface area contributed by atoms with Crippen LogP contribution in [0.5, 0.6) is 0 Å². The fraction of sp³-hybridized carbons (Fsp3) is 0.812. The van der Waals surface area contributed by atoms with Crippen LogP contribution in [0.25, 0.3) is 0 Å². The van der Waals surface area contributed by atoms with E-state index < -0.39 is 149 Å². The summed E-state index contributed by atoms with van der Waals surface area (Å²) in [6.07, 6.45) is 6.33. The zero-order valence-electron chi connectivity index (χ0n) is 62.0. The molecule has 534 valence electrons. The molecule has 2 unspecified atom stereocenters. The molecule has 11 amide bonds. The van der Waals surface area contributed by atoms with Crippen molar-refractivity contribution in [3.05, 3.63) is 12.2 Å². The minimum absolute atomic E-state index is 0.0951. The highest BCUT2D eigenvalue weighted by atomic mass is 32.2. The quantitative estimate of drug-likeness (QED) is 0.0708. The Morgan fingerprint density at radius 3 is 1.39 bits per heavy atom. The molecule has 1 aliphatic heterocycles. The molecule has 0 aliphatic carbocycles. The van der Waals surface area contributed by atoms with Crippen LogP contribution in [0.2, 0.25) is 0 Å². The molecule has 24 heteroatoms. The van der Waals surface area contributed by atoms with E-state index in [4.69, 9.17) is 0 Å². The van der Waals surface area contributed by atoms with Crippen LogP contribution in [0.1, 0.15) is 183 Å². The molecule has 1 heterocycles. The molecule has 23 nitrogen and oxygen atoms in total. The van der Waals surface area contributed by atoms with Gasteiger partial charge in [-0.25, -0.2) is 0 Å². The number of thioether (sulfide) groups is 1. The lowest BCUT2D eigenvalue weighted by Crippen LogP contribution is -2.62. The summed E-state index contributed by atoms with van der Waals surface area (Å²) in [5.74, 6) is -8.23. The molecule has 0 bridgehead atoms. The summed E-state index contributed by atoms with van der Waals surface area (Å²) in [6, 6.07) is -11.6. The van der Waals surface area contributed by atoms with Crippen LogP contribution in [0.4, 0.5) is 0 Å². The number of carbonyl (C=O) groups is 11. The summed E-state index contributed by atoms with van der Waals surface area (Å²) in [4.78, 5) is 176. The molecule has 4 N–H and O–H groups in total. The molecule has 0 spiro atoms. The smallest absolute Gasteiger partial charge is 0.256 e. The molecule has 0 saturated carbocycles. The summed E-state index contributed by atoms with van der Waals surface area (Å²) < 4.78 is 0. The first-order valence-electron chi connectivity index (χ1n) is 34.3. The summed E-state index contributed by atoms with van der Waals surface area (Å²) in [5.41, 5.74) is 0. The van der Waals surface area contributed by atoms with Gasteiger partial charge in [0.1, 0.15) is 60.4 Å². The Hall–Kier alpha value is -5.78. The summed E-state index contributed by atoms with van der Waals surface area (Å²) in [6.45, 7) is 37.2. The molecule has 93 heavy (non-hydrogen) atoms. The van der Waals surface area contributed by atoms with E-state index in [2.05, 4.69) is 40.0 Å². The van der Waals surface area contributed by atoms with Crippen LogP contribution in [0.15, 0.2) is 12.2 Å². The Balaban J connectivity index is 4.51. The Morgan fingerprint density at radius 2 is 0.914 bits per heavy atom. The van der Waals surface area contributed by atoms with Gasteiger partial charge in [-0.15, -0.1) is 11.8 Å². The lowest BCUT2D eigenvalue weighted by atomic mass is 9.93. The van der Waals surface area contributed by atoms with Crippen LogP contribution in [0.3, 0.4) is 0 Å². The molecule has 1 aliphatic rings. The first kappa shape index (κ1) is 85.2. The van der Waals surface area contributed by atoms with E-state index in [-0.39, 0.29) is 55.8 Å². The third-order valence-corrected chi connectivity index (χ3v) is 19.6. The van der Waals surface area contributed by atoms with Crippen LogP contribution >= 0.6 is 11.8 Å². The van der Waals surface area contributed by atoms with Gasteiger partial charge >= 0.3 is 0 Å². The van der Waals surface area contributed by atoms with E-state index in [1.807, 2.05) is 81.4 Å². The van der Waals surface area contributed by atoms with E-state index in [0.29, 0.717) is 25.0 Å². The van der Waals surface area contributed by atoms with Gasteiger partial charge in [-0.3, -0.25) is 52.7 Å². The van der Waals surface area contributed by atoms with Gasteiger partial charge < -0.3 is 60.5 Å². The van der Waals surface area contributed by atoms with Crippen LogP contribution in [-0.4, -0.2) is 245 Å². The molecule has 1 fully saturated rings.